The third kappa shape index (κ3) is 4.12. The van der Waals surface area contributed by atoms with Crippen molar-refractivity contribution in [2.45, 2.75) is 18.8 Å². The smallest absolute Gasteiger partial charge is 0.258 e. The fourth-order valence-electron chi connectivity index (χ4n) is 3.39. The van der Waals surface area contributed by atoms with E-state index in [2.05, 4.69) is 15.3 Å². The summed E-state index contributed by atoms with van der Waals surface area (Å²) in [6.45, 7) is 0. The van der Waals surface area contributed by atoms with Crippen molar-refractivity contribution in [1.82, 2.24) is 9.97 Å². The summed E-state index contributed by atoms with van der Waals surface area (Å²) < 4.78 is 5.10. The highest BCUT2D eigenvalue weighted by Crippen LogP contribution is 2.32. The molecule has 4 rings (SSSR count). The molecule has 1 aliphatic rings. The first-order chi connectivity index (χ1) is 14.0. The van der Waals surface area contributed by atoms with Gasteiger partial charge in [0.15, 0.2) is 5.78 Å². The van der Waals surface area contributed by atoms with Gasteiger partial charge in [-0.2, -0.15) is 0 Å². The Bertz CT molecular complexity index is 1070. The highest BCUT2D eigenvalue weighted by atomic mass is 35.5. The molecule has 7 heteroatoms. The second-order valence-corrected chi connectivity index (χ2v) is 7.25. The molecular formula is C22H18ClN3O3. The summed E-state index contributed by atoms with van der Waals surface area (Å²) in [7, 11) is 1.56. The van der Waals surface area contributed by atoms with E-state index in [9.17, 15) is 9.59 Å². The van der Waals surface area contributed by atoms with Crippen molar-refractivity contribution in [2.24, 2.45) is 0 Å². The van der Waals surface area contributed by atoms with Crippen LogP contribution < -0.4 is 10.1 Å². The molecule has 29 heavy (non-hydrogen) atoms. The monoisotopic (exact) mass is 407 g/mol. The second-order valence-electron chi connectivity index (χ2n) is 6.82. The summed E-state index contributed by atoms with van der Waals surface area (Å²) in [6, 6.07) is 14.2. The lowest BCUT2D eigenvalue weighted by Gasteiger charge is -2.23. The number of ether oxygens (including phenoxy) is 1. The van der Waals surface area contributed by atoms with Gasteiger partial charge < -0.3 is 4.74 Å². The highest BCUT2D eigenvalue weighted by Gasteiger charge is 2.28. The number of aromatic nitrogens is 2. The van der Waals surface area contributed by atoms with Gasteiger partial charge in [-0.15, -0.1) is 0 Å². The van der Waals surface area contributed by atoms with Crippen LogP contribution in [0.25, 0.3) is 0 Å². The molecule has 1 heterocycles. The average Bonchev–Trinajstić information content (AvgIpc) is 2.74. The third-order valence-corrected chi connectivity index (χ3v) is 5.21. The van der Waals surface area contributed by atoms with Crippen LogP contribution in [0.3, 0.4) is 0 Å². The van der Waals surface area contributed by atoms with Gasteiger partial charge in [-0.25, -0.2) is 9.97 Å². The first-order valence-electron chi connectivity index (χ1n) is 9.13. The third-order valence-electron chi connectivity index (χ3n) is 4.96. The van der Waals surface area contributed by atoms with Crippen molar-refractivity contribution in [3.63, 3.8) is 0 Å². The van der Waals surface area contributed by atoms with Gasteiger partial charge >= 0.3 is 0 Å². The maximum Gasteiger partial charge on any atom is 0.258 e. The zero-order valence-electron chi connectivity index (χ0n) is 15.7. The second kappa shape index (κ2) is 8.01. The molecule has 1 amide bonds. The Kier molecular flexibility index (Phi) is 5.27. The largest absolute Gasteiger partial charge is 0.497 e. The maximum atomic E-state index is 12.5. The molecule has 0 saturated carbocycles. The van der Waals surface area contributed by atoms with E-state index in [0.29, 0.717) is 40.4 Å². The minimum atomic E-state index is -0.330. The Hall–Kier alpha value is -3.25. The van der Waals surface area contributed by atoms with E-state index in [1.807, 2.05) is 24.3 Å². The number of anilines is 1. The summed E-state index contributed by atoms with van der Waals surface area (Å²) in [4.78, 5) is 33.6. The summed E-state index contributed by atoms with van der Waals surface area (Å²) in [5, 5.41) is 3.35. The SMILES string of the molecule is COc1ccc(C(=O)Nc2ncc3c(n2)C[C@@H](c2ccc(Cl)cc2)CC3=O)cc1. The van der Waals surface area contributed by atoms with Gasteiger partial charge in [0, 0.05) is 23.2 Å². The van der Waals surface area contributed by atoms with Crippen LogP contribution in [0.1, 0.15) is 44.3 Å². The van der Waals surface area contributed by atoms with Crippen LogP contribution in [0.5, 0.6) is 5.75 Å². The number of benzene rings is 2. The van der Waals surface area contributed by atoms with Crippen LogP contribution in [0.15, 0.2) is 54.7 Å². The van der Waals surface area contributed by atoms with Crippen molar-refractivity contribution in [1.29, 1.82) is 0 Å². The molecule has 0 fully saturated rings. The Morgan fingerprint density at radius 2 is 1.83 bits per heavy atom. The number of halogens is 1. The van der Waals surface area contributed by atoms with Crippen LogP contribution in [0, 0.1) is 0 Å². The van der Waals surface area contributed by atoms with E-state index in [4.69, 9.17) is 16.3 Å². The molecule has 0 aliphatic heterocycles. The fraction of sp³-hybridized carbons (Fsp3) is 0.182. The van der Waals surface area contributed by atoms with Crippen molar-refractivity contribution in [2.75, 3.05) is 12.4 Å². The zero-order valence-corrected chi connectivity index (χ0v) is 16.4. The molecule has 1 N–H and O–H groups in total. The maximum absolute atomic E-state index is 12.5. The van der Waals surface area contributed by atoms with E-state index in [-0.39, 0.29) is 23.6 Å². The van der Waals surface area contributed by atoms with E-state index >= 15 is 0 Å². The molecule has 1 aromatic heterocycles. The summed E-state index contributed by atoms with van der Waals surface area (Å²) in [5.74, 6) is 0.531. The number of amides is 1. The molecule has 0 bridgehead atoms. The van der Waals surface area contributed by atoms with Crippen LogP contribution in [-0.2, 0) is 6.42 Å². The minimum absolute atomic E-state index is 0.000712. The Labute approximate surface area is 172 Å². The normalized spacial score (nSPS) is 15.5. The molecule has 0 unspecified atom stereocenters. The molecule has 2 aromatic carbocycles. The number of ketones is 1. The molecule has 3 aromatic rings. The number of Topliss-reactive ketones (excluding diaryl/α,β-unsaturated/α-hetero) is 1. The Balaban J connectivity index is 1.54. The van der Waals surface area contributed by atoms with Gasteiger partial charge in [-0.1, -0.05) is 23.7 Å². The summed E-state index contributed by atoms with van der Waals surface area (Å²) >= 11 is 5.96. The van der Waals surface area contributed by atoms with Crippen LogP contribution >= 0.6 is 11.6 Å². The van der Waals surface area contributed by atoms with Crippen molar-refractivity contribution < 1.29 is 14.3 Å². The molecule has 6 nitrogen and oxygen atoms in total. The fourth-order valence-corrected chi connectivity index (χ4v) is 3.52. The number of rotatable bonds is 4. The standard InChI is InChI=1S/C22H18ClN3O3/c1-29-17-8-4-14(5-9-17)21(28)26-22-24-12-18-19(25-22)10-15(11-20(18)27)13-2-6-16(23)7-3-13/h2-9,12,15H,10-11H2,1H3,(H,24,25,26,28)/t15-/m1/s1. The van der Waals surface area contributed by atoms with Crippen molar-refractivity contribution in [3.05, 3.63) is 82.1 Å². The van der Waals surface area contributed by atoms with Crippen molar-refractivity contribution >= 4 is 29.2 Å². The summed E-state index contributed by atoms with van der Waals surface area (Å²) in [6.07, 6.45) is 2.48. The van der Waals surface area contributed by atoms with Gasteiger partial charge in [0.05, 0.1) is 18.4 Å². The van der Waals surface area contributed by atoms with Crippen LogP contribution in [0.4, 0.5) is 5.95 Å². The Morgan fingerprint density at radius 3 is 2.52 bits per heavy atom. The summed E-state index contributed by atoms with van der Waals surface area (Å²) in [5.41, 5.74) is 2.65. The van der Waals surface area contributed by atoms with Gasteiger partial charge in [-0.05, 0) is 54.3 Å². The average molecular weight is 408 g/mol. The molecule has 0 radical (unpaired) electrons. The number of methoxy groups -OCH3 is 1. The topological polar surface area (TPSA) is 81.2 Å². The van der Waals surface area contributed by atoms with Gasteiger partial charge in [-0.3, -0.25) is 14.9 Å². The first kappa shape index (κ1) is 19.1. The predicted octanol–water partition coefficient (Wildman–Crippen LogP) is 4.30. The minimum Gasteiger partial charge on any atom is -0.497 e. The van der Waals surface area contributed by atoms with Crippen molar-refractivity contribution in [3.8, 4) is 5.75 Å². The highest BCUT2D eigenvalue weighted by molar-refractivity contribution is 6.30. The number of hydrogen-bond donors (Lipinski definition) is 1. The van der Waals surface area contributed by atoms with Gasteiger partial charge in [0.25, 0.3) is 5.91 Å². The van der Waals surface area contributed by atoms with E-state index in [0.717, 1.165) is 5.56 Å². The Morgan fingerprint density at radius 1 is 1.10 bits per heavy atom. The first-order valence-corrected chi connectivity index (χ1v) is 9.51. The van der Waals surface area contributed by atoms with Crippen LogP contribution in [-0.4, -0.2) is 28.8 Å². The lowest BCUT2D eigenvalue weighted by molar-refractivity contribution is 0.0962. The molecule has 1 atom stereocenters. The lowest BCUT2D eigenvalue weighted by atomic mass is 9.82. The number of nitrogens with one attached hydrogen (secondary N) is 1. The molecule has 146 valence electrons. The van der Waals surface area contributed by atoms with Gasteiger partial charge in [0.2, 0.25) is 5.95 Å². The number of fused-ring (bicyclic) bond motifs is 1. The van der Waals surface area contributed by atoms with Crippen LogP contribution in [0.2, 0.25) is 5.02 Å². The zero-order chi connectivity index (χ0) is 20.4. The lowest BCUT2D eigenvalue weighted by Crippen LogP contribution is -2.22. The number of carbonyl (C=O) groups is 2. The quantitative estimate of drug-likeness (QED) is 0.697. The van der Waals surface area contributed by atoms with E-state index < -0.39 is 0 Å². The molecule has 0 spiro atoms. The number of nitrogens with zero attached hydrogens (tertiary/aromatic N) is 2. The van der Waals surface area contributed by atoms with Gasteiger partial charge in [0.1, 0.15) is 5.75 Å². The van der Waals surface area contributed by atoms with E-state index in [1.165, 1.54) is 6.20 Å². The predicted molar refractivity (Wildman–Crippen MR) is 110 cm³/mol. The molecule has 0 saturated heterocycles. The van der Waals surface area contributed by atoms with E-state index in [1.54, 1.807) is 31.4 Å². The number of carbonyl (C=O) groups excluding carboxylic acids is 2. The molecule has 1 aliphatic carbocycles. The number of hydrogen-bond acceptors (Lipinski definition) is 5. The molecular weight excluding hydrogens is 390 g/mol.